The Bertz CT molecular complexity index is 806. The van der Waals surface area contributed by atoms with Crippen LogP contribution in [0.5, 0.6) is 0 Å². The van der Waals surface area contributed by atoms with Crippen LogP contribution in [0.4, 0.5) is 0 Å². The van der Waals surface area contributed by atoms with E-state index in [0.717, 1.165) is 5.56 Å². The number of hydrogen-bond donors (Lipinski definition) is 2. The summed E-state index contributed by atoms with van der Waals surface area (Å²) in [6.45, 7) is 0.821. The number of benzene rings is 2. The summed E-state index contributed by atoms with van der Waals surface area (Å²) in [4.78, 5) is 12.2. The van der Waals surface area contributed by atoms with Gasteiger partial charge in [0.15, 0.2) is 0 Å². The van der Waals surface area contributed by atoms with E-state index in [1.54, 1.807) is 12.1 Å². The number of ether oxygens (including phenoxy) is 1. The number of amides is 1. The van der Waals surface area contributed by atoms with Crippen molar-refractivity contribution in [1.29, 1.82) is 0 Å². The molecule has 0 aliphatic carbocycles. The molecule has 0 heterocycles. The number of methoxy groups -OCH3 is 1. The predicted octanol–water partition coefficient (Wildman–Crippen LogP) is 2.19. The molecule has 0 aromatic heterocycles. The lowest BCUT2D eigenvalue weighted by Gasteiger charge is -2.08. The van der Waals surface area contributed by atoms with Gasteiger partial charge in [-0.15, -0.1) is 0 Å². The molecule has 8 heteroatoms. The van der Waals surface area contributed by atoms with E-state index in [0.29, 0.717) is 17.1 Å². The number of sulfonamides is 1. The Hall–Kier alpha value is -1.93. The standard InChI is InChI=1S/C17H19ClN2O4S/c1-24-11-10-20-25(22,23)16-8-4-14(5-9-16)17(21)19-12-13-2-6-15(18)7-3-13/h2-9,20H,10-12H2,1H3,(H,19,21). The second-order valence-electron chi connectivity index (χ2n) is 5.22. The van der Waals surface area contributed by atoms with E-state index in [1.807, 2.05) is 12.1 Å². The fraction of sp³-hybridized carbons (Fsp3) is 0.235. The molecule has 0 aliphatic heterocycles. The molecule has 0 saturated carbocycles. The Morgan fingerprint density at radius 2 is 1.72 bits per heavy atom. The molecule has 0 radical (unpaired) electrons. The highest BCUT2D eigenvalue weighted by Gasteiger charge is 2.14. The van der Waals surface area contributed by atoms with E-state index >= 15 is 0 Å². The fourth-order valence-electron chi connectivity index (χ4n) is 2.03. The molecule has 2 aromatic rings. The number of hydrogen-bond acceptors (Lipinski definition) is 4. The molecule has 25 heavy (non-hydrogen) atoms. The Morgan fingerprint density at radius 1 is 1.08 bits per heavy atom. The van der Waals surface area contributed by atoms with Crippen LogP contribution in [-0.4, -0.2) is 34.6 Å². The maximum atomic E-state index is 12.1. The summed E-state index contributed by atoms with van der Waals surface area (Å²) in [6, 6.07) is 12.9. The van der Waals surface area contributed by atoms with E-state index in [2.05, 4.69) is 10.0 Å². The molecule has 6 nitrogen and oxygen atoms in total. The number of rotatable bonds is 8. The topological polar surface area (TPSA) is 84.5 Å². The van der Waals surface area contributed by atoms with Gasteiger partial charge in [-0.25, -0.2) is 13.1 Å². The van der Waals surface area contributed by atoms with Gasteiger partial charge in [0.05, 0.1) is 11.5 Å². The van der Waals surface area contributed by atoms with Gasteiger partial charge in [-0.1, -0.05) is 23.7 Å². The predicted molar refractivity (Wildman–Crippen MR) is 96.1 cm³/mol. The van der Waals surface area contributed by atoms with E-state index < -0.39 is 10.0 Å². The van der Waals surface area contributed by atoms with Gasteiger partial charge in [0.1, 0.15) is 0 Å². The second kappa shape index (κ2) is 8.96. The third-order valence-corrected chi connectivity index (χ3v) is 5.12. The zero-order valence-corrected chi connectivity index (χ0v) is 15.2. The first-order valence-corrected chi connectivity index (χ1v) is 9.40. The molecule has 134 valence electrons. The maximum absolute atomic E-state index is 12.1. The molecule has 1 amide bonds. The quantitative estimate of drug-likeness (QED) is 0.685. The Labute approximate surface area is 152 Å². The van der Waals surface area contributed by atoms with Crippen LogP contribution in [0, 0.1) is 0 Å². The third-order valence-electron chi connectivity index (χ3n) is 3.39. The highest BCUT2D eigenvalue weighted by atomic mass is 35.5. The van der Waals surface area contributed by atoms with Crippen LogP contribution in [-0.2, 0) is 21.3 Å². The first-order chi connectivity index (χ1) is 11.9. The van der Waals surface area contributed by atoms with Crippen molar-refractivity contribution >= 4 is 27.5 Å². The Balaban J connectivity index is 1.96. The van der Waals surface area contributed by atoms with Gasteiger partial charge < -0.3 is 10.1 Å². The minimum absolute atomic E-state index is 0.0952. The molecule has 0 fully saturated rings. The van der Waals surface area contributed by atoms with Crippen molar-refractivity contribution in [3.8, 4) is 0 Å². The lowest BCUT2D eigenvalue weighted by Crippen LogP contribution is -2.27. The van der Waals surface area contributed by atoms with Crippen molar-refractivity contribution < 1.29 is 17.9 Å². The van der Waals surface area contributed by atoms with E-state index in [4.69, 9.17) is 16.3 Å². The summed E-state index contributed by atoms with van der Waals surface area (Å²) in [6.07, 6.45) is 0. The van der Waals surface area contributed by atoms with Crippen LogP contribution < -0.4 is 10.0 Å². The van der Waals surface area contributed by atoms with E-state index in [-0.39, 0.29) is 24.0 Å². The molecular formula is C17H19ClN2O4S. The molecule has 0 bridgehead atoms. The number of halogens is 1. The smallest absolute Gasteiger partial charge is 0.251 e. The van der Waals surface area contributed by atoms with Gasteiger partial charge in [0.25, 0.3) is 5.91 Å². The summed E-state index contributed by atoms with van der Waals surface area (Å²) in [7, 11) is -2.12. The van der Waals surface area contributed by atoms with E-state index in [1.165, 1.54) is 31.4 Å². The molecule has 0 saturated heterocycles. The monoisotopic (exact) mass is 382 g/mol. The Kier molecular flexibility index (Phi) is 6.95. The van der Waals surface area contributed by atoms with Crippen LogP contribution in [0.1, 0.15) is 15.9 Å². The molecule has 2 aromatic carbocycles. The number of carbonyl (C=O) groups excluding carboxylic acids is 1. The summed E-state index contributed by atoms with van der Waals surface area (Å²) in [5, 5.41) is 3.40. The molecule has 0 aliphatic rings. The highest BCUT2D eigenvalue weighted by Crippen LogP contribution is 2.12. The lowest BCUT2D eigenvalue weighted by atomic mass is 10.2. The molecule has 2 N–H and O–H groups in total. The normalized spacial score (nSPS) is 11.3. The van der Waals surface area contributed by atoms with Gasteiger partial charge in [-0.3, -0.25) is 4.79 Å². The van der Waals surface area contributed by atoms with Crippen molar-refractivity contribution in [3.05, 3.63) is 64.7 Å². The molecule has 0 spiro atoms. The largest absolute Gasteiger partial charge is 0.383 e. The van der Waals surface area contributed by atoms with Crippen molar-refractivity contribution in [2.45, 2.75) is 11.4 Å². The second-order valence-corrected chi connectivity index (χ2v) is 7.43. The average molecular weight is 383 g/mol. The van der Waals surface area contributed by atoms with Crippen molar-refractivity contribution in [2.24, 2.45) is 0 Å². The van der Waals surface area contributed by atoms with Crippen molar-refractivity contribution in [1.82, 2.24) is 10.0 Å². The summed E-state index contributed by atoms with van der Waals surface area (Å²) < 4.78 is 31.3. The SMILES string of the molecule is COCCNS(=O)(=O)c1ccc(C(=O)NCc2ccc(Cl)cc2)cc1. The zero-order valence-electron chi connectivity index (χ0n) is 13.7. The van der Waals surface area contributed by atoms with Crippen LogP contribution in [0.25, 0.3) is 0 Å². The molecule has 0 atom stereocenters. The van der Waals surface area contributed by atoms with E-state index in [9.17, 15) is 13.2 Å². The lowest BCUT2D eigenvalue weighted by molar-refractivity contribution is 0.0951. The van der Waals surface area contributed by atoms with Crippen molar-refractivity contribution in [2.75, 3.05) is 20.3 Å². The number of carbonyl (C=O) groups is 1. The minimum atomic E-state index is -3.61. The summed E-state index contributed by atoms with van der Waals surface area (Å²) in [5.74, 6) is -0.286. The van der Waals surface area contributed by atoms with Crippen molar-refractivity contribution in [3.63, 3.8) is 0 Å². The van der Waals surface area contributed by atoms with Crippen LogP contribution in [0.15, 0.2) is 53.4 Å². The third kappa shape index (κ3) is 5.82. The molecule has 2 rings (SSSR count). The first kappa shape index (κ1) is 19.4. The summed E-state index contributed by atoms with van der Waals surface area (Å²) >= 11 is 5.81. The maximum Gasteiger partial charge on any atom is 0.251 e. The zero-order chi connectivity index (χ0) is 18.3. The van der Waals surface area contributed by atoms with Crippen LogP contribution in [0.3, 0.4) is 0 Å². The van der Waals surface area contributed by atoms with Gasteiger partial charge in [-0.05, 0) is 42.0 Å². The Morgan fingerprint density at radius 3 is 2.32 bits per heavy atom. The van der Waals surface area contributed by atoms with Gasteiger partial charge in [0.2, 0.25) is 10.0 Å². The van der Waals surface area contributed by atoms with Gasteiger partial charge in [-0.2, -0.15) is 0 Å². The minimum Gasteiger partial charge on any atom is -0.383 e. The first-order valence-electron chi connectivity index (χ1n) is 7.54. The molecule has 0 unspecified atom stereocenters. The molecular weight excluding hydrogens is 364 g/mol. The average Bonchev–Trinajstić information content (AvgIpc) is 2.61. The van der Waals surface area contributed by atoms with Crippen LogP contribution >= 0.6 is 11.6 Å². The highest BCUT2D eigenvalue weighted by molar-refractivity contribution is 7.89. The van der Waals surface area contributed by atoms with Crippen LogP contribution in [0.2, 0.25) is 5.02 Å². The fourth-order valence-corrected chi connectivity index (χ4v) is 3.17. The van der Waals surface area contributed by atoms with Gasteiger partial charge in [0, 0.05) is 30.8 Å². The summed E-state index contributed by atoms with van der Waals surface area (Å²) in [5.41, 5.74) is 1.30. The number of nitrogens with one attached hydrogen (secondary N) is 2. The van der Waals surface area contributed by atoms with Gasteiger partial charge >= 0.3 is 0 Å².